The highest BCUT2D eigenvalue weighted by Crippen LogP contribution is 2.28. The van der Waals surface area contributed by atoms with Gasteiger partial charge in [-0.3, -0.25) is 53.6 Å². The molecule has 23 heteroatoms. The number of hydrogen-bond donors (Lipinski definition) is 8. The molecule has 374 valence electrons. The summed E-state index contributed by atoms with van der Waals surface area (Å²) in [4.78, 5) is 109. The van der Waals surface area contributed by atoms with E-state index in [1.54, 1.807) is 76.2 Å². The van der Waals surface area contributed by atoms with Crippen LogP contribution in [0.4, 0.5) is 11.4 Å². The van der Waals surface area contributed by atoms with E-state index in [1.807, 2.05) is 26.8 Å². The number of non-ortho nitro benzene ring substituents is 1. The molecule has 6 atom stereocenters. The number of imidazole rings is 1. The normalized spacial score (nSPS) is 13.9. The number of hydrogen-bond acceptors (Lipinski definition) is 13. The van der Waals surface area contributed by atoms with Crippen molar-refractivity contribution in [3.8, 4) is 5.69 Å². The van der Waals surface area contributed by atoms with Crippen molar-refractivity contribution in [2.75, 3.05) is 0 Å². The number of amides is 6. The van der Waals surface area contributed by atoms with Crippen LogP contribution < -0.4 is 31.9 Å². The monoisotopic (exact) mass is 968 g/mol. The highest BCUT2D eigenvalue weighted by molar-refractivity contribution is 6.43. The number of benzene rings is 3. The summed E-state index contributed by atoms with van der Waals surface area (Å²) in [6.07, 6.45) is 2.58. The van der Waals surface area contributed by atoms with Crippen LogP contribution >= 0.6 is 0 Å². The summed E-state index contributed by atoms with van der Waals surface area (Å²) in [5.41, 5.74) is -0.185. The fraction of sp³-hybridized carbons (Fsp3) is 0.426. The molecule has 4 rings (SSSR count). The second-order valence-electron chi connectivity index (χ2n) is 18.4. The number of nitro groups is 2. The predicted molar refractivity (Wildman–Crippen MR) is 258 cm³/mol. The lowest BCUT2D eigenvalue weighted by atomic mass is 9.77. The second-order valence-corrected chi connectivity index (χ2v) is 18.4. The van der Waals surface area contributed by atoms with E-state index in [2.05, 4.69) is 36.9 Å². The third-order valence-corrected chi connectivity index (χ3v) is 11.3. The van der Waals surface area contributed by atoms with E-state index >= 15 is 0 Å². The zero-order valence-electron chi connectivity index (χ0n) is 40.3. The van der Waals surface area contributed by atoms with Crippen molar-refractivity contribution in [2.24, 2.45) is 11.3 Å². The number of rotatable bonds is 23. The zero-order valence-corrected chi connectivity index (χ0v) is 40.3. The maximum atomic E-state index is 14.6. The van der Waals surface area contributed by atoms with Gasteiger partial charge in [0.2, 0.25) is 35.4 Å². The lowest BCUT2D eigenvalue weighted by Crippen LogP contribution is -2.62. The largest absolute Gasteiger partial charge is 0.475 e. The molecule has 0 bridgehead atoms. The summed E-state index contributed by atoms with van der Waals surface area (Å²) in [6.45, 7) is 13.4. The van der Waals surface area contributed by atoms with Crippen LogP contribution in [0.5, 0.6) is 0 Å². The third-order valence-electron chi connectivity index (χ3n) is 11.3. The molecule has 1 aromatic heterocycles. The number of carbonyl (C=O) groups excluding carboxylic acids is 6. The predicted octanol–water partition coefficient (Wildman–Crippen LogP) is 2.60. The molecular weight excluding hydrogens is 907 g/mol. The fourth-order valence-corrected chi connectivity index (χ4v) is 7.51. The third kappa shape index (κ3) is 15.5. The molecular formula is C47H61BN10O12. The van der Waals surface area contributed by atoms with E-state index in [0.29, 0.717) is 11.1 Å². The van der Waals surface area contributed by atoms with Gasteiger partial charge in [-0.15, -0.1) is 0 Å². The molecule has 0 aliphatic rings. The zero-order chi connectivity index (χ0) is 52.0. The topological polar surface area (TPSA) is 319 Å². The average molecular weight is 969 g/mol. The molecule has 3 aromatic carbocycles. The lowest BCUT2D eigenvalue weighted by molar-refractivity contribution is -0.394. The van der Waals surface area contributed by atoms with Gasteiger partial charge in [-0.05, 0) is 53.9 Å². The second kappa shape index (κ2) is 24.7. The van der Waals surface area contributed by atoms with Crippen LogP contribution in [0, 0.1) is 38.5 Å². The number of aromatic nitrogens is 2. The van der Waals surface area contributed by atoms with Crippen molar-refractivity contribution in [2.45, 2.75) is 117 Å². The molecule has 0 spiro atoms. The molecule has 0 radical (unpaired) electrons. The molecule has 1 unspecified atom stereocenters. The minimum Gasteiger partial charge on any atom is -0.426 e. The Morgan fingerprint density at radius 3 is 1.91 bits per heavy atom. The Labute approximate surface area is 405 Å². The quantitative estimate of drug-likeness (QED) is 0.0302. The van der Waals surface area contributed by atoms with Crippen LogP contribution in [0.15, 0.2) is 85.3 Å². The van der Waals surface area contributed by atoms with E-state index in [4.69, 9.17) is 0 Å². The molecule has 4 aromatic rings. The first-order valence-electron chi connectivity index (χ1n) is 22.6. The average Bonchev–Trinajstić information content (AvgIpc) is 3.76. The van der Waals surface area contributed by atoms with E-state index in [0.717, 1.165) is 17.7 Å². The first kappa shape index (κ1) is 55.1. The Hall–Kier alpha value is -7.53. The van der Waals surface area contributed by atoms with Crippen LogP contribution in [0.1, 0.15) is 89.7 Å². The standard InChI is InChI=1S/C47H61BN10O12/c1-9-39(48(65)66)53-42(60)34(21-27(2)3)52-46(64)41(47(6,7)8)55-44(62)35(22-31-18-14-13-15-28(31)4)51-45(63)40(30-16-11-10-12-17-30)54-43(61)36(50-29(5)59)23-32-25-56(26-49-32)37-20-19-33(57(67)68)24-38(37)58(69)70/h10-20,24-27,34-36,39-41,65-66H,9,21-23H2,1-8H3,(H,50,59)(H,51,63)(H,52,64)(H,53,60)(H,54,61)(H,55,62)/t34-,35-,36+,39-,40?,41+/m0/s1. The van der Waals surface area contributed by atoms with Gasteiger partial charge in [0.1, 0.15) is 35.9 Å². The van der Waals surface area contributed by atoms with Crippen LogP contribution in [-0.4, -0.2) is 102 Å². The van der Waals surface area contributed by atoms with Crippen molar-refractivity contribution in [3.63, 3.8) is 0 Å². The maximum Gasteiger partial charge on any atom is 0.475 e. The molecule has 0 aliphatic heterocycles. The fourth-order valence-electron chi connectivity index (χ4n) is 7.51. The van der Waals surface area contributed by atoms with Crippen molar-refractivity contribution in [3.05, 3.63) is 128 Å². The highest BCUT2D eigenvalue weighted by Gasteiger charge is 2.39. The Balaban J connectivity index is 1.66. The minimum atomic E-state index is -1.84. The van der Waals surface area contributed by atoms with E-state index in [9.17, 15) is 59.0 Å². The summed E-state index contributed by atoms with van der Waals surface area (Å²) in [5.74, 6) is -5.54. The van der Waals surface area contributed by atoms with Gasteiger partial charge in [-0.2, -0.15) is 0 Å². The highest BCUT2D eigenvalue weighted by atomic mass is 16.6. The van der Waals surface area contributed by atoms with Gasteiger partial charge in [0, 0.05) is 32.0 Å². The molecule has 22 nitrogen and oxygen atoms in total. The van der Waals surface area contributed by atoms with Crippen LogP contribution in [0.25, 0.3) is 5.69 Å². The minimum absolute atomic E-state index is 0.0574. The Morgan fingerprint density at radius 1 is 0.743 bits per heavy atom. The van der Waals surface area contributed by atoms with Gasteiger partial charge in [0.05, 0.1) is 33.9 Å². The summed E-state index contributed by atoms with van der Waals surface area (Å²) in [5, 5.41) is 58.8. The Bertz CT molecular complexity index is 2530. The number of aryl methyl sites for hydroxylation is 1. The molecule has 0 fully saturated rings. The van der Waals surface area contributed by atoms with Crippen LogP contribution in [0.3, 0.4) is 0 Å². The van der Waals surface area contributed by atoms with Gasteiger partial charge in [-0.25, -0.2) is 4.98 Å². The summed E-state index contributed by atoms with van der Waals surface area (Å²) >= 11 is 0. The first-order chi connectivity index (χ1) is 32.9. The molecule has 1 heterocycles. The number of nitrogens with one attached hydrogen (secondary N) is 6. The lowest BCUT2D eigenvalue weighted by Gasteiger charge is -2.34. The molecule has 0 saturated heterocycles. The summed E-state index contributed by atoms with van der Waals surface area (Å²) in [7, 11) is -1.84. The Kier molecular flexibility index (Phi) is 19.4. The van der Waals surface area contributed by atoms with Gasteiger partial charge >= 0.3 is 7.12 Å². The Morgan fingerprint density at radius 2 is 1.34 bits per heavy atom. The summed E-state index contributed by atoms with van der Waals surface area (Å²) in [6, 6.07) is 11.7. The number of carbonyl (C=O) groups is 6. The van der Waals surface area contributed by atoms with Crippen LogP contribution in [0.2, 0.25) is 0 Å². The van der Waals surface area contributed by atoms with E-state index < -0.39 is 105 Å². The molecule has 0 aliphatic carbocycles. The molecule has 70 heavy (non-hydrogen) atoms. The van der Waals surface area contributed by atoms with Gasteiger partial charge in [-0.1, -0.05) is 96.1 Å². The van der Waals surface area contributed by atoms with Gasteiger partial charge in [0.15, 0.2) is 0 Å². The van der Waals surface area contributed by atoms with Gasteiger partial charge < -0.3 is 41.9 Å². The van der Waals surface area contributed by atoms with Crippen molar-refractivity contribution >= 4 is 53.9 Å². The smallest absolute Gasteiger partial charge is 0.426 e. The number of nitrogens with zero attached hydrogens (tertiary/aromatic N) is 4. The first-order valence-corrected chi connectivity index (χ1v) is 22.6. The van der Waals surface area contributed by atoms with Crippen LogP contribution in [-0.2, 0) is 41.6 Å². The number of nitro benzene ring substituents is 2. The van der Waals surface area contributed by atoms with Crippen molar-refractivity contribution < 1.29 is 48.7 Å². The SMILES string of the molecule is CC[C@H](NC(=O)[C@H](CC(C)C)NC(=O)[C@@H](NC(=O)[C@H](Cc1ccccc1C)NC(=O)C(NC(=O)[C@@H](Cc1cn(-c2ccc([N+](=O)[O-])cc2[N+](=O)[O-])cn1)NC(C)=O)c1ccccc1)C(C)(C)C)B(O)O. The summed E-state index contributed by atoms with van der Waals surface area (Å²) < 4.78 is 1.24. The van der Waals surface area contributed by atoms with Crippen molar-refractivity contribution in [1.82, 2.24) is 41.5 Å². The molecule has 8 N–H and O–H groups in total. The van der Waals surface area contributed by atoms with Gasteiger partial charge in [0.25, 0.3) is 11.4 Å². The van der Waals surface area contributed by atoms with E-state index in [1.165, 1.54) is 30.1 Å². The van der Waals surface area contributed by atoms with E-state index in [-0.39, 0.29) is 43.0 Å². The van der Waals surface area contributed by atoms with Crippen molar-refractivity contribution in [1.29, 1.82) is 0 Å². The molecule has 0 saturated carbocycles. The molecule has 6 amide bonds. The maximum absolute atomic E-state index is 14.6.